The lowest BCUT2D eigenvalue weighted by molar-refractivity contribution is -0.119. The van der Waals surface area contributed by atoms with Crippen molar-refractivity contribution in [3.8, 4) is 17.2 Å². The number of H-pyrrole nitrogens is 1. The summed E-state index contributed by atoms with van der Waals surface area (Å²) in [6, 6.07) is 13.1. The van der Waals surface area contributed by atoms with Crippen LogP contribution in [-0.4, -0.2) is 33.7 Å². The number of nitrogens with zero attached hydrogens (tertiary/aromatic N) is 3. The summed E-state index contributed by atoms with van der Waals surface area (Å²) in [7, 11) is 0. The van der Waals surface area contributed by atoms with Gasteiger partial charge in [-0.15, -0.1) is 0 Å². The first-order valence-corrected chi connectivity index (χ1v) is 11.8. The third kappa shape index (κ3) is 5.73. The van der Waals surface area contributed by atoms with Gasteiger partial charge in [0.2, 0.25) is 5.91 Å². The van der Waals surface area contributed by atoms with Gasteiger partial charge in [-0.05, 0) is 56.0 Å². The molecule has 0 radical (unpaired) electrons. The van der Waals surface area contributed by atoms with E-state index in [9.17, 15) is 4.79 Å². The Morgan fingerprint density at radius 1 is 1.20 bits per heavy atom. The van der Waals surface area contributed by atoms with Crippen molar-refractivity contribution < 1.29 is 4.79 Å². The number of aromatic nitrogens is 3. The molecule has 0 aliphatic heterocycles. The van der Waals surface area contributed by atoms with Crippen LogP contribution >= 0.6 is 0 Å². The summed E-state index contributed by atoms with van der Waals surface area (Å²) in [6.45, 7) is 6.67. The highest BCUT2D eigenvalue weighted by Gasteiger charge is 2.27. The maximum Gasteiger partial charge on any atom is 0.243 e. The van der Waals surface area contributed by atoms with Crippen LogP contribution in [0.5, 0.6) is 0 Å². The molecule has 4 rings (SSSR count). The Kier molecular flexibility index (Phi) is 7.54. The molecule has 0 bridgehead atoms. The van der Waals surface area contributed by atoms with Gasteiger partial charge in [0, 0.05) is 35.5 Å². The summed E-state index contributed by atoms with van der Waals surface area (Å²) in [5.74, 6) is 0.626. The van der Waals surface area contributed by atoms with Crippen molar-refractivity contribution in [1.29, 1.82) is 5.26 Å². The minimum atomic E-state index is -0.406. The number of nitrogens with one attached hydrogen (secondary N) is 3. The number of benzene rings is 1. The average molecular weight is 467 g/mol. The minimum Gasteiger partial charge on any atom is -0.309 e. The van der Waals surface area contributed by atoms with Crippen molar-refractivity contribution in [3.05, 3.63) is 89.4 Å². The molecule has 0 saturated heterocycles. The van der Waals surface area contributed by atoms with E-state index in [4.69, 9.17) is 5.26 Å². The zero-order valence-electron chi connectivity index (χ0n) is 20.2. The van der Waals surface area contributed by atoms with Crippen LogP contribution in [0.3, 0.4) is 0 Å². The van der Waals surface area contributed by atoms with Crippen LogP contribution in [0.2, 0.25) is 0 Å². The van der Waals surface area contributed by atoms with Gasteiger partial charge in [-0.2, -0.15) is 10.4 Å². The fourth-order valence-electron chi connectivity index (χ4n) is 4.39. The summed E-state index contributed by atoms with van der Waals surface area (Å²) in [6.07, 6.45) is 10.7. The van der Waals surface area contributed by atoms with E-state index in [1.807, 2.05) is 62.4 Å². The average Bonchev–Trinajstić information content (AvgIpc) is 3.23. The lowest BCUT2D eigenvalue weighted by Gasteiger charge is -2.27. The molecule has 0 saturated carbocycles. The number of nitriles is 1. The Labute approximate surface area is 206 Å². The van der Waals surface area contributed by atoms with Gasteiger partial charge in [-0.1, -0.05) is 43.4 Å². The first-order chi connectivity index (χ1) is 17.0. The van der Waals surface area contributed by atoms with Crippen molar-refractivity contribution in [2.24, 2.45) is 5.92 Å². The van der Waals surface area contributed by atoms with Crippen LogP contribution in [0.1, 0.15) is 41.8 Å². The van der Waals surface area contributed by atoms with Gasteiger partial charge in [0.05, 0.1) is 23.4 Å². The van der Waals surface area contributed by atoms with Crippen LogP contribution in [-0.2, 0) is 4.79 Å². The number of aryl methyl sites for hydroxylation is 2. The van der Waals surface area contributed by atoms with Crippen LogP contribution in [0.4, 0.5) is 5.82 Å². The van der Waals surface area contributed by atoms with Crippen molar-refractivity contribution >= 4 is 11.7 Å². The summed E-state index contributed by atoms with van der Waals surface area (Å²) in [4.78, 5) is 17.8. The Bertz CT molecular complexity index is 1240. The molecule has 2 aromatic heterocycles. The van der Waals surface area contributed by atoms with Crippen molar-refractivity contribution in [2.45, 2.75) is 39.2 Å². The number of pyridine rings is 1. The molecule has 35 heavy (non-hydrogen) atoms. The van der Waals surface area contributed by atoms with Gasteiger partial charge in [-0.3, -0.25) is 9.89 Å². The molecule has 0 fully saturated rings. The summed E-state index contributed by atoms with van der Waals surface area (Å²) in [5, 5.41) is 22.7. The van der Waals surface area contributed by atoms with Crippen LogP contribution in [0.25, 0.3) is 11.1 Å². The Morgan fingerprint density at radius 3 is 2.60 bits per heavy atom. The second-order valence-corrected chi connectivity index (χ2v) is 8.96. The first-order valence-electron chi connectivity index (χ1n) is 11.8. The van der Waals surface area contributed by atoms with Crippen molar-refractivity contribution in [3.63, 3.8) is 0 Å². The zero-order chi connectivity index (χ0) is 24.8. The molecular weight excluding hydrogens is 436 g/mol. The van der Waals surface area contributed by atoms with E-state index in [0.717, 1.165) is 34.5 Å². The smallest absolute Gasteiger partial charge is 0.243 e. The standard InChI is InChI=1S/C28H30N6O/c1-18(22-11-9-21(15-29)10-12-22)16-31-27(23-7-5-4-6-8-23)28(35)32-25-14-13-24(17-30-25)26-19(2)33-34-20(26)3/h4-7,9-14,17-18,23,27,31H,8,16H2,1-3H3,(H,33,34)(H,30,32,35). The normalized spacial score (nSPS) is 16.5. The Balaban J connectivity index is 1.45. The molecule has 1 aliphatic rings. The van der Waals surface area contributed by atoms with Gasteiger partial charge in [0.1, 0.15) is 5.82 Å². The molecule has 3 unspecified atom stereocenters. The number of hydrogen-bond acceptors (Lipinski definition) is 5. The van der Waals surface area contributed by atoms with Crippen LogP contribution in [0.15, 0.2) is 66.9 Å². The molecule has 1 aromatic carbocycles. The lowest BCUT2D eigenvalue weighted by Crippen LogP contribution is -2.46. The number of allylic oxidation sites excluding steroid dienone is 3. The van der Waals surface area contributed by atoms with E-state index in [1.54, 1.807) is 6.20 Å². The van der Waals surface area contributed by atoms with E-state index < -0.39 is 6.04 Å². The van der Waals surface area contributed by atoms with Crippen molar-refractivity contribution in [1.82, 2.24) is 20.5 Å². The largest absolute Gasteiger partial charge is 0.309 e. The number of carbonyl (C=O) groups is 1. The van der Waals surface area contributed by atoms with Gasteiger partial charge in [0.15, 0.2) is 0 Å². The van der Waals surface area contributed by atoms with Crippen LogP contribution in [0, 0.1) is 31.1 Å². The molecule has 1 amide bonds. The fraction of sp³-hybridized carbons (Fsp3) is 0.286. The number of carbonyl (C=O) groups excluding carboxylic acids is 1. The van der Waals surface area contributed by atoms with Gasteiger partial charge >= 0.3 is 0 Å². The molecule has 178 valence electrons. The zero-order valence-corrected chi connectivity index (χ0v) is 20.2. The predicted molar refractivity (Wildman–Crippen MR) is 138 cm³/mol. The first kappa shape index (κ1) is 24.1. The number of rotatable bonds is 8. The highest BCUT2D eigenvalue weighted by atomic mass is 16.2. The number of anilines is 1. The van der Waals surface area contributed by atoms with Gasteiger partial charge in [-0.25, -0.2) is 4.98 Å². The summed E-state index contributed by atoms with van der Waals surface area (Å²) >= 11 is 0. The van der Waals surface area contributed by atoms with Gasteiger partial charge in [0.25, 0.3) is 0 Å². The molecule has 3 atom stereocenters. The van der Waals surface area contributed by atoms with E-state index in [-0.39, 0.29) is 17.7 Å². The maximum absolute atomic E-state index is 13.3. The number of amides is 1. The molecule has 1 aliphatic carbocycles. The second kappa shape index (κ2) is 10.9. The number of hydrogen-bond donors (Lipinski definition) is 3. The van der Waals surface area contributed by atoms with E-state index in [1.165, 1.54) is 0 Å². The minimum absolute atomic E-state index is 0.0451. The SMILES string of the molecule is Cc1n[nH]c(C)c1-c1ccc(NC(=O)C(NCC(C)c2ccc(C#N)cc2)C2C=CC=CC2)nc1. The molecule has 7 nitrogen and oxygen atoms in total. The van der Waals surface area contributed by atoms with E-state index >= 15 is 0 Å². The maximum atomic E-state index is 13.3. The Morgan fingerprint density at radius 2 is 2.00 bits per heavy atom. The molecule has 2 heterocycles. The quantitative estimate of drug-likeness (QED) is 0.442. The highest BCUT2D eigenvalue weighted by molar-refractivity contribution is 5.94. The molecule has 3 aromatic rings. The topological polar surface area (TPSA) is 106 Å². The third-order valence-corrected chi connectivity index (χ3v) is 6.41. The van der Waals surface area contributed by atoms with Crippen LogP contribution < -0.4 is 10.6 Å². The highest BCUT2D eigenvalue weighted by Crippen LogP contribution is 2.25. The van der Waals surface area contributed by atoms with Gasteiger partial charge < -0.3 is 10.6 Å². The molecule has 7 heteroatoms. The molecular formula is C28H30N6O. The fourth-order valence-corrected chi connectivity index (χ4v) is 4.39. The van der Waals surface area contributed by atoms with Crippen molar-refractivity contribution in [2.75, 3.05) is 11.9 Å². The second-order valence-electron chi connectivity index (χ2n) is 8.96. The third-order valence-electron chi connectivity index (χ3n) is 6.41. The Hall–Kier alpha value is -4.02. The number of aromatic amines is 1. The lowest BCUT2D eigenvalue weighted by atomic mass is 9.91. The van der Waals surface area contributed by atoms with E-state index in [2.05, 4.69) is 51.0 Å². The van der Waals surface area contributed by atoms with E-state index in [0.29, 0.717) is 17.9 Å². The summed E-state index contributed by atoms with van der Waals surface area (Å²) < 4.78 is 0. The summed E-state index contributed by atoms with van der Waals surface area (Å²) in [5.41, 5.74) is 5.65. The molecule has 0 spiro atoms. The molecule has 3 N–H and O–H groups in total. The monoisotopic (exact) mass is 466 g/mol. The predicted octanol–water partition coefficient (Wildman–Crippen LogP) is 4.79.